The van der Waals surface area contributed by atoms with Crippen LogP contribution in [0.1, 0.15) is 30.0 Å². The van der Waals surface area contributed by atoms with E-state index in [1.165, 1.54) is 0 Å². The number of hydrogen-bond donors (Lipinski definition) is 3. The Morgan fingerprint density at radius 1 is 1.14 bits per heavy atom. The second kappa shape index (κ2) is 7.91. The summed E-state index contributed by atoms with van der Waals surface area (Å²) in [6.07, 6.45) is 0. The highest BCUT2D eigenvalue weighted by Gasteiger charge is 2.20. The third-order valence-electron chi connectivity index (χ3n) is 4.27. The Hall–Kier alpha value is -3.68. The number of urea groups is 1. The van der Waals surface area contributed by atoms with Gasteiger partial charge in [0.05, 0.1) is 17.4 Å². The summed E-state index contributed by atoms with van der Waals surface area (Å²) in [5.74, 6) is 0.203. The molecule has 2 aromatic carbocycles. The number of H-pyrrole nitrogens is 1. The minimum absolute atomic E-state index is 0.118. The average molecular weight is 379 g/mol. The van der Waals surface area contributed by atoms with Crippen LogP contribution in [0.3, 0.4) is 0 Å². The van der Waals surface area contributed by atoms with E-state index in [-0.39, 0.29) is 24.1 Å². The molecule has 8 heteroatoms. The number of primary amides is 1. The minimum Gasteiger partial charge on any atom is -0.351 e. The van der Waals surface area contributed by atoms with Gasteiger partial charge in [-0.05, 0) is 50.2 Å². The number of carbonyl (C=O) groups is 2. The first kappa shape index (κ1) is 19.1. The van der Waals surface area contributed by atoms with E-state index in [0.717, 1.165) is 0 Å². The van der Waals surface area contributed by atoms with Crippen LogP contribution in [0.5, 0.6) is 0 Å². The second-order valence-corrected chi connectivity index (χ2v) is 6.62. The first-order valence-electron chi connectivity index (χ1n) is 8.80. The van der Waals surface area contributed by atoms with Gasteiger partial charge in [0.25, 0.3) is 11.5 Å². The molecule has 144 valence electrons. The van der Waals surface area contributed by atoms with Gasteiger partial charge >= 0.3 is 6.03 Å². The van der Waals surface area contributed by atoms with Crippen LogP contribution in [0.2, 0.25) is 0 Å². The van der Waals surface area contributed by atoms with Crippen LogP contribution in [0.25, 0.3) is 10.9 Å². The van der Waals surface area contributed by atoms with Crippen LogP contribution in [-0.2, 0) is 6.54 Å². The SMILES string of the molecule is CC(C)N(Cc1nc2ccccc2c(=O)[nH]1)C(=O)c1ccc(NC(N)=O)cc1. The highest BCUT2D eigenvalue weighted by Crippen LogP contribution is 2.15. The van der Waals surface area contributed by atoms with E-state index in [1.807, 2.05) is 19.9 Å². The Kier molecular flexibility index (Phi) is 5.39. The fourth-order valence-electron chi connectivity index (χ4n) is 2.86. The van der Waals surface area contributed by atoms with Crippen LogP contribution in [-0.4, -0.2) is 32.8 Å². The van der Waals surface area contributed by atoms with Crippen LogP contribution in [0.15, 0.2) is 53.3 Å². The van der Waals surface area contributed by atoms with Gasteiger partial charge in [0.2, 0.25) is 0 Å². The Morgan fingerprint density at radius 3 is 2.46 bits per heavy atom. The number of nitrogens with zero attached hydrogens (tertiary/aromatic N) is 2. The van der Waals surface area contributed by atoms with E-state index in [1.54, 1.807) is 47.4 Å². The molecule has 0 saturated carbocycles. The number of amides is 3. The lowest BCUT2D eigenvalue weighted by Crippen LogP contribution is -2.37. The molecule has 0 spiro atoms. The fraction of sp³-hybridized carbons (Fsp3) is 0.200. The number of hydrogen-bond acceptors (Lipinski definition) is 4. The zero-order valence-corrected chi connectivity index (χ0v) is 15.6. The zero-order chi connectivity index (χ0) is 20.3. The van der Waals surface area contributed by atoms with Crippen molar-refractivity contribution in [2.75, 3.05) is 5.32 Å². The van der Waals surface area contributed by atoms with E-state index in [9.17, 15) is 14.4 Å². The van der Waals surface area contributed by atoms with E-state index >= 15 is 0 Å². The molecule has 8 nitrogen and oxygen atoms in total. The van der Waals surface area contributed by atoms with E-state index in [4.69, 9.17) is 5.73 Å². The molecule has 1 heterocycles. The Labute approximate surface area is 161 Å². The van der Waals surface area contributed by atoms with Gasteiger partial charge in [-0.3, -0.25) is 9.59 Å². The van der Waals surface area contributed by atoms with Crippen molar-refractivity contribution in [3.05, 3.63) is 70.3 Å². The van der Waals surface area contributed by atoms with E-state index in [0.29, 0.717) is 28.0 Å². The number of aromatic nitrogens is 2. The van der Waals surface area contributed by atoms with Crippen molar-refractivity contribution in [2.45, 2.75) is 26.4 Å². The summed E-state index contributed by atoms with van der Waals surface area (Å²) in [6.45, 7) is 3.94. The summed E-state index contributed by atoms with van der Waals surface area (Å²) in [6, 6.07) is 12.7. The molecule has 28 heavy (non-hydrogen) atoms. The van der Waals surface area contributed by atoms with Crippen molar-refractivity contribution in [3.8, 4) is 0 Å². The number of nitrogens with two attached hydrogens (primary N) is 1. The molecular weight excluding hydrogens is 358 g/mol. The quantitative estimate of drug-likeness (QED) is 0.630. The van der Waals surface area contributed by atoms with Crippen LogP contribution >= 0.6 is 0 Å². The topological polar surface area (TPSA) is 121 Å². The molecule has 0 radical (unpaired) electrons. The number of nitrogens with one attached hydrogen (secondary N) is 2. The molecule has 3 rings (SSSR count). The minimum atomic E-state index is -0.672. The van der Waals surface area contributed by atoms with Crippen molar-refractivity contribution in [1.29, 1.82) is 0 Å². The second-order valence-electron chi connectivity index (χ2n) is 6.62. The molecule has 0 unspecified atom stereocenters. The molecule has 4 N–H and O–H groups in total. The Bertz CT molecular complexity index is 1070. The molecule has 0 aliphatic rings. The molecule has 0 saturated heterocycles. The van der Waals surface area contributed by atoms with Crippen LogP contribution in [0.4, 0.5) is 10.5 Å². The predicted molar refractivity (Wildman–Crippen MR) is 107 cm³/mol. The van der Waals surface area contributed by atoms with Crippen molar-refractivity contribution < 1.29 is 9.59 Å². The van der Waals surface area contributed by atoms with Gasteiger partial charge in [0, 0.05) is 17.3 Å². The summed E-state index contributed by atoms with van der Waals surface area (Å²) in [7, 11) is 0. The third-order valence-corrected chi connectivity index (χ3v) is 4.27. The predicted octanol–water partition coefficient (Wildman–Crippen LogP) is 2.46. The van der Waals surface area contributed by atoms with Gasteiger partial charge in [0.15, 0.2) is 0 Å². The van der Waals surface area contributed by atoms with Crippen molar-refractivity contribution in [1.82, 2.24) is 14.9 Å². The zero-order valence-electron chi connectivity index (χ0n) is 15.6. The summed E-state index contributed by atoms with van der Waals surface area (Å²) < 4.78 is 0. The standard InChI is InChI=1S/C20H21N5O3/c1-12(2)25(19(27)13-7-9-14(10-8-13)22-20(21)28)11-17-23-16-6-4-3-5-15(16)18(26)24-17/h3-10,12H,11H2,1-2H3,(H3,21,22,28)(H,23,24,26). The van der Waals surface area contributed by atoms with Crippen molar-refractivity contribution in [2.24, 2.45) is 5.73 Å². The molecule has 0 atom stereocenters. The first-order chi connectivity index (χ1) is 13.3. The molecule has 0 aliphatic heterocycles. The van der Waals surface area contributed by atoms with Gasteiger partial charge in [0.1, 0.15) is 5.82 Å². The molecule has 3 amide bonds. The Morgan fingerprint density at radius 2 is 1.82 bits per heavy atom. The van der Waals surface area contributed by atoms with Gasteiger partial charge in [-0.25, -0.2) is 9.78 Å². The summed E-state index contributed by atoms with van der Waals surface area (Å²) in [5.41, 5.74) is 6.38. The van der Waals surface area contributed by atoms with Gasteiger partial charge < -0.3 is 20.9 Å². The summed E-state index contributed by atoms with van der Waals surface area (Å²) >= 11 is 0. The first-order valence-corrected chi connectivity index (χ1v) is 8.80. The maximum Gasteiger partial charge on any atom is 0.316 e. The fourth-order valence-corrected chi connectivity index (χ4v) is 2.86. The lowest BCUT2D eigenvalue weighted by Gasteiger charge is -2.26. The molecular formula is C20H21N5O3. The van der Waals surface area contributed by atoms with Gasteiger partial charge in [-0.1, -0.05) is 12.1 Å². The number of para-hydroxylation sites is 1. The lowest BCUT2D eigenvalue weighted by atomic mass is 10.1. The van der Waals surface area contributed by atoms with E-state index in [2.05, 4.69) is 15.3 Å². The van der Waals surface area contributed by atoms with E-state index < -0.39 is 6.03 Å². The summed E-state index contributed by atoms with van der Waals surface area (Å²) in [4.78, 5) is 45.0. The number of carbonyl (C=O) groups excluding carboxylic acids is 2. The normalized spacial score (nSPS) is 10.8. The number of benzene rings is 2. The Balaban J connectivity index is 1.86. The largest absolute Gasteiger partial charge is 0.351 e. The lowest BCUT2D eigenvalue weighted by molar-refractivity contribution is 0.0685. The third kappa shape index (κ3) is 4.17. The average Bonchev–Trinajstić information content (AvgIpc) is 2.65. The smallest absolute Gasteiger partial charge is 0.316 e. The van der Waals surface area contributed by atoms with Crippen LogP contribution < -0.4 is 16.6 Å². The number of fused-ring (bicyclic) bond motifs is 1. The summed E-state index contributed by atoms with van der Waals surface area (Å²) in [5, 5.41) is 2.96. The molecule has 1 aromatic heterocycles. The number of rotatable bonds is 5. The number of anilines is 1. The maximum absolute atomic E-state index is 13.0. The molecule has 0 aliphatic carbocycles. The molecule has 0 fully saturated rings. The van der Waals surface area contributed by atoms with Crippen molar-refractivity contribution in [3.63, 3.8) is 0 Å². The van der Waals surface area contributed by atoms with Crippen LogP contribution in [0, 0.1) is 0 Å². The van der Waals surface area contributed by atoms with Crippen molar-refractivity contribution >= 4 is 28.5 Å². The number of aromatic amines is 1. The monoisotopic (exact) mass is 379 g/mol. The van der Waals surface area contributed by atoms with Gasteiger partial charge in [-0.15, -0.1) is 0 Å². The highest BCUT2D eigenvalue weighted by atomic mass is 16.2. The molecule has 3 aromatic rings. The van der Waals surface area contributed by atoms with Gasteiger partial charge in [-0.2, -0.15) is 0 Å². The highest BCUT2D eigenvalue weighted by molar-refractivity contribution is 5.95. The molecule has 0 bridgehead atoms. The maximum atomic E-state index is 13.0.